The lowest BCUT2D eigenvalue weighted by Gasteiger charge is -2.22. The van der Waals surface area contributed by atoms with Gasteiger partial charge in [0.1, 0.15) is 12.8 Å². The largest absolute Gasteiger partial charge is 0.363 e. The molecule has 6 nitrogen and oxygen atoms in total. The van der Waals surface area contributed by atoms with E-state index in [1.165, 1.54) is 23.3 Å². The summed E-state index contributed by atoms with van der Waals surface area (Å²) in [5.41, 5.74) is 0.393. The molecule has 0 fully saturated rings. The average Bonchev–Trinajstić information content (AvgIpc) is 3.12. The van der Waals surface area contributed by atoms with Crippen molar-refractivity contribution in [3.63, 3.8) is 0 Å². The molecule has 1 aromatic heterocycles. The number of hydrogen-bond acceptors (Lipinski definition) is 4. The number of aromatic nitrogens is 1. The second-order valence-corrected chi connectivity index (χ2v) is 6.66. The van der Waals surface area contributed by atoms with Gasteiger partial charge in [-0.2, -0.15) is 0 Å². The quantitative estimate of drug-likeness (QED) is 0.625. The predicted octanol–water partition coefficient (Wildman–Crippen LogP) is 4.64. The summed E-state index contributed by atoms with van der Waals surface area (Å²) < 4.78 is 4.68. The second-order valence-electron chi connectivity index (χ2n) is 5.85. The molecule has 0 atom stereocenters. The van der Waals surface area contributed by atoms with Gasteiger partial charge in [0.05, 0.1) is 10.0 Å². The van der Waals surface area contributed by atoms with Crippen LogP contribution < -0.4 is 5.32 Å². The highest BCUT2D eigenvalue weighted by Gasteiger charge is 2.20. The van der Waals surface area contributed by atoms with E-state index in [1.54, 1.807) is 12.1 Å². The molecule has 2 amide bonds. The number of nitrogens with zero attached hydrogens (tertiary/aromatic N) is 2. The monoisotopic (exact) mass is 397 g/mol. The highest BCUT2D eigenvalue weighted by Crippen LogP contribution is 2.23. The number of benzene rings is 1. The van der Waals surface area contributed by atoms with Crippen molar-refractivity contribution < 1.29 is 14.1 Å². The highest BCUT2D eigenvalue weighted by atomic mass is 35.5. The number of anilines is 1. The van der Waals surface area contributed by atoms with Crippen LogP contribution in [0.25, 0.3) is 0 Å². The van der Waals surface area contributed by atoms with E-state index in [9.17, 15) is 9.59 Å². The molecule has 0 saturated heterocycles. The Morgan fingerprint density at radius 3 is 2.62 bits per heavy atom. The summed E-state index contributed by atoms with van der Waals surface area (Å²) in [5.74, 6) is -0.305. The third-order valence-corrected chi connectivity index (χ3v) is 4.51. The Morgan fingerprint density at radius 2 is 1.96 bits per heavy atom. The fourth-order valence-corrected chi connectivity index (χ4v) is 2.72. The minimum Gasteiger partial charge on any atom is -0.363 e. The predicted molar refractivity (Wildman–Crippen MR) is 102 cm³/mol. The summed E-state index contributed by atoms with van der Waals surface area (Å²) >= 11 is 11.9. The van der Waals surface area contributed by atoms with Gasteiger partial charge in [-0.3, -0.25) is 9.59 Å². The number of nitrogens with one attached hydrogen (secondary N) is 1. The van der Waals surface area contributed by atoms with E-state index in [1.807, 2.05) is 0 Å². The molecule has 0 aliphatic rings. The molecule has 140 valence electrons. The first-order valence-corrected chi connectivity index (χ1v) is 9.21. The number of hydrogen-bond donors (Lipinski definition) is 1. The fraction of sp³-hybridized carbons (Fsp3) is 0.389. The summed E-state index contributed by atoms with van der Waals surface area (Å²) in [6.45, 7) is 2.51. The van der Waals surface area contributed by atoms with Gasteiger partial charge in [-0.05, 0) is 24.6 Å². The molecule has 1 heterocycles. The van der Waals surface area contributed by atoms with Crippen molar-refractivity contribution >= 4 is 40.8 Å². The normalized spacial score (nSPS) is 10.6. The lowest BCUT2D eigenvalue weighted by Crippen LogP contribution is -2.38. The fourth-order valence-electron chi connectivity index (χ4n) is 2.43. The molecular formula is C18H21Cl2N3O3. The summed E-state index contributed by atoms with van der Waals surface area (Å²) in [4.78, 5) is 26.6. The van der Waals surface area contributed by atoms with Crippen molar-refractivity contribution in [2.45, 2.75) is 32.6 Å². The zero-order valence-corrected chi connectivity index (χ0v) is 16.0. The van der Waals surface area contributed by atoms with Crippen LogP contribution in [0.2, 0.25) is 10.0 Å². The Balaban J connectivity index is 2.06. The van der Waals surface area contributed by atoms with Crippen molar-refractivity contribution in [1.82, 2.24) is 10.1 Å². The first-order chi connectivity index (χ1) is 12.5. The third-order valence-electron chi connectivity index (χ3n) is 3.78. The third kappa shape index (κ3) is 6.04. The molecule has 0 bridgehead atoms. The van der Waals surface area contributed by atoms with E-state index in [0.29, 0.717) is 28.0 Å². The molecule has 0 spiro atoms. The van der Waals surface area contributed by atoms with Crippen molar-refractivity contribution in [2.24, 2.45) is 0 Å². The average molecular weight is 398 g/mol. The van der Waals surface area contributed by atoms with Crippen molar-refractivity contribution in [3.8, 4) is 0 Å². The van der Waals surface area contributed by atoms with Gasteiger partial charge >= 0.3 is 0 Å². The molecule has 1 aromatic carbocycles. The summed E-state index contributed by atoms with van der Waals surface area (Å²) in [5, 5.41) is 6.91. The van der Waals surface area contributed by atoms with Crippen molar-refractivity contribution in [1.29, 1.82) is 0 Å². The van der Waals surface area contributed by atoms with Crippen LogP contribution in [-0.4, -0.2) is 35.0 Å². The zero-order chi connectivity index (χ0) is 18.9. The lowest BCUT2D eigenvalue weighted by molar-refractivity contribution is -0.117. The highest BCUT2D eigenvalue weighted by molar-refractivity contribution is 6.42. The van der Waals surface area contributed by atoms with Gasteiger partial charge < -0.3 is 14.7 Å². The lowest BCUT2D eigenvalue weighted by atomic mass is 10.1. The minimum absolute atomic E-state index is 0.0853. The van der Waals surface area contributed by atoms with Crippen LogP contribution in [0, 0.1) is 0 Å². The molecule has 8 heteroatoms. The maximum atomic E-state index is 12.8. The summed E-state index contributed by atoms with van der Waals surface area (Å²) in [7, 11) is 0. The van der Waals surface area contributed by atoms with Gasteiger partial charge in [0.25, 0.3) is 5.91 Å². The number of carbonyl (C=O) groups excluding carboxylic acids is 2. The summed E-state index contributed by atoms with van der Waals surface area (Å²) in [6.07, 6.45) is 5.34. The van der Waals surface area contributed by atoms with E-state index in [-0.39, 0.29) is 18.4 Å². The zero-order valence-electron chi connectivity index (χ0n) is 14.5. The Labute approximate surface area is 162 Å². The van der Waals surface area contributed by atoms with Crippen LogP contribution in [0.5, 0.6) is 0 Å². The van der Waals surface area contributed by atoms with Gasteiger partial charge in [0, 0.05) is 18.2 Å². The Hall–Kier alpha value is -2.05. The molecule has 0 aliphatic carbocycles. The van der Waals surface area contributed by atoms with Crippen LogP contribution in [0.1, 0.15) is 43.0 Å². The molecule has 0 unspecified atom stereocenters. The van der Waals surface area contributed by atoms with Crippen LogP contribution in [0.4, 0.5) is 5.82 Å². The standard InChI is InChI=1S/C18H21Cl2N3O3/c1-2-3-4-5-9-23(12-17(24)21-16-8-10-26-22-16)18(25)13-6-7-14(19)15(20)11-13/h6-8,10-11H,2-5,9,12H2,1H3,(H,21,22,24). The molecule has 0 aliphatic heterocycles. The van der Waals surface area contributed by atoms with Crippen molar-refractivity contribution in [3.05, 3.63) is 46.1 Å². The molecule has 2 rings (SSSR count). The number of amides is 2. The molecule has 0 radical (unpaired) electrons. The van der Waals surface area contributed by atoms with Gasteiger partial charge in [-0.25, -0.2) is 0 Å². The smallest absolute Gasteiger partial charge is 0.254 e. The summed E-state index contributed by atoms with van der Waals surface area (Å²) in [6, 6.07) is 6.22. The van der Waals surface area contributed by atoms with E-state index in [4.69, 9.17) is 23.2 Å². The number of halogens is 2. The first kappa shape index (κ1) is 20.3. The van der Waals surface area contributed by atoms with Crippen LogP contribution in [-0.2, 0) is 4.79 Å². The molecular weight excluding hydrogens is 377 g/mol. The number of unbranched alkanes of at least 4 members (excludes halogenated alkanes) is 3. The maximum Gasteiger partial charge on any atom is 0.254 e. The van der Waals surface area contributed by atoms with E-state index < -0.39 is 0 Å². The Morgan fingerprint density at radius 1 is 1.15 bits per heavy atom. The molecule has 2 aromatic rings. The molecule has 1 N–H and O–H groups in total. The topological polar surface area (TPSA) is 75.4 Å². The van der Waals surface area contributed by atoms with Crippen LogP contribution in [0.15, 0.2) is 35.1 Å². The Kier molecular flexibility index (Phi) is 7.94. The van der Waals surface area contributed by atoms with Gasteiger partial charge in [-0.1, -0.05) is 54.5 Å². The van der Waals surface area contributed by atoms with Crippen LogP contribution in [0.3, 0.4) is 0 Å². The minimum atomic E-state index is -0.345. The van der Waals surface area contributed by atoms with Gasteiger partial charge in [0.2, 0.25) is 5.91 Å². The Bertz CT molecular complexity index is 735. The number of carbonyl (C=O) groups is 2. The maximum absolute atomic E-state index is 12.8. The first-order valence-electron chi connectivity index (χ1n) is 8.45. The van der Waals surface area contributed by atoms with Crippen molar-refractivity contribution in [2.75, 3.05) is 18.4 Å². The van der Waals surface area contributed by atoms with Crippen LogP contribution >= 0.6 is 23.2 Å². The van der Waals surface area contributed by atoms with E-state index in [0.717, 1.165) is 25.7 Å². The van der Waals surface area contributed by atoms with Gasteiger partial charge in [-0.15, -0.1) is 0 Å². The second kappa shape index (κ2) is 10.2. The van der Waals surface area contributed by atoms with Gasteiger partial charge in [0.15, 0.2) is 5.82 Å². The van der Waals surface area contributed by atoms with E-state index >= 15 is 0 Å². The van der Waals surface area contributed by atoms with E-state index in [2.05, 4.69) is 21.9 Å². The SMILES string of the molecule is CCCCCCN(CC(=O)Nc1ccon1)C(=O)c1ccc(Cl)c(Cl)c1. The molecule has 0 saturated carbocycles. The number of rotatable bonds is 9. The molecule has 26 heavy (non-hydrogen) atoms.